The Morgan fingerprint density at radius 2 is 1.31 bits per heavy atom. The van der Waals surface area contributed by atoms with Crippen molar-refractivity contribution in [3.05, 3.63) is 12.2 Å². The number of carbonyl (C=O) groups is 1. The normalized spacial score (nSPS) is 11.5. The number of carbonyl (C=O) groups excluding carboxylic acids is 1. The molecule has 0 aliphatic carbocycles. The Kier molecular flexibility index (Phi) is 19.8. The quantitative estimate of drug-likeness (QED) is 0.162. The lowest BCUT2D eigenvalue weighted by Gasteiger charge is -2.16. The number of nitrogens with one attached hydrogen (secondary N) is 1. The van der Waals surface area contributed by atoms with Crippen molar-refractivity contribution >= 4 is 5.91 Å². The Bertz CT molecular complexity index is 328. The maximum absolute atomic E-state index is 11.7. The Morgan fingerprint density at radius 1 is 0.769 bits per heavy atom. The van der Waals surface area contributed by atoms with Gasteiger partial charge in [-0.1, -0.05) is 77.4 Å². The molecular weight excluding hydrogens is 320 g/mol. The zero-order chi connectivity index (χ0) is 19.3. The molecule has 0 saturated heterocycles. The summed E-state index contributed by atoms with van der Waals surface area (Å²) in [6.07, 6.45) is 23.4. The molecule has 0 bridgehead atoms. The third kappa shape index (κ3) is 19.5. The predicted molar refractivity (Wildman–Crippen MR) is 115 cm³/mol. The number of amides is 1. The van der Waals surface area contributed by atoms with Gasteiger partial charge in [0.2, 0.25) is 5.91 Å². The molecule has 0 aromatic carbocycles. The van der Waals surface area contributed by atoms with Gasteiger partial charge in [0.1, 0.15) is 0 Å². The highest BCUT2D eigenvalue weighted by Crippen LogP contribution is 2.09. The fraction of sp³-hybridized carbons (Fsp3) is 0.870. The van der Waals surface area contributed by atoms with Crippen LogP contribution in [0.15, 0.2) is 12.2 Å². The first-order valence-electron chi connectivity index (χ1n) is 11.3. The maximum atomic E-state index is 11.7. The molecule has 0 aromatic rings. The molecule has 0 fully saturated rings. The first kappa shape index (κ1) is 25.2. The molecule has 26 heavy (non-hydrogen) atoms. The van der Waals surface area contributed by atoms with E-state index in [2.05, 4.69) is 36.2 Å². The molecule has 0 rings (SSSR count). The van der Waals surface area contributed by atoms with Crippen molar-refractivity contribution in [1.82, 2.24) is 10.2 Å². The van der Waals surface area contributed by atoms with E-state index in [1.165, 1.54) is 77.0 Å². The van der Waals surface area contributed by atoms with Gasteiger partial charge in [0.05, 0.1) is 6.67 Å². The second-order valence-corrected chi connectivity index (χ2v) is 7.67. The van der Waals surface area contributed by atoms with Gasteiger partial charge in [-0.05, 0) is 52.1 Å². The fourth-order valence-corrected chi connectivity index (χ4v) is 3.13. The van der Waals surface area contributed by atoms with Crippen LogP contribution in [0.5, 0.6) is 0 Å². The molecule has 0 unspecified atom stereocenters. The van der Waals surface area contributed by atoms with Crippen LogP contribution in [0.25, 0.3) is 0 Å². The molecule has 0 radical (unpaired) electrons. The van der Waals surface area contributed by atoms with E-state index in [1.54, 1.807) is 0 Å². The van der Waals surface area contributed by atoms with Crippen molar-refractivity contribution < 1.29 is 4.79 Å². The molecule has 0 heterocycles. The molecular formula is C23H46N2O. The average molecular weight is 367 g/mol. The Hall–Kier alpha value is -0.830. The van der Waals surface area contributed by atoms with Crippen molar-refractivity contribution in [2.45, 2.75) is 110 Å². The number of rotatable bonds is 19. The van der Waals surface area contributed by atoms with Crippen LogP contribution in [0.3, 0.4) is 0 Å². The smallest absolute Gasteiger partial charge is 0.220 e. The van der Waals surface area contributed by atoms with E-state index in [0.29, 0.717) is 13.1 Å². The monoisotopic (exact) mass is 366 g/mol. The van der Waals surface area contributed by atoms with Gasteiger partial charge in [0, 0.05) is 6.42 Å². The van der Waals surface area contributed by atoms with Crippen molar-refractivity contribution in [3.63, 3.8) is 0 Å². The first-order valence-corrected chi connectivity index (χ1v) is 11.3. The van der Waals surface area contributed by atoms with Crippen LogP contribution in [0, 0.1) is 0 Å². The van der Waals surface area contributed by atoms with Crippen molar-refractivity contribution in [1.29, 1.82) is 0 Å². The van der Waals surface area contributed by atoms with Crippen LogP contribution in [-0.4, -0.2) is 31.1 Å². The maximum Gasteiger partial charge on any atom is 0.220 e. The van der Waals surface area contributed by atoms with E-state index in [0.717, 1.165) is 19.4 Å². The Balaban J connectivity index is 3.25. The third-order valence-corrected chi connectivity index (χ3v) is 4.82. The van der Waals surface area contributed by atoms with Crippen LogP contribution in [0.1, 0.15) is 110 Å². The summed E-state index contributed by atoms with van der Waals surface area (Å²) in [4.78, 5) is 13.9. The second kappa shape index (κ2) is 20.5. The van der Waals surface area contributed by atoms with Crippen LogP contribution >= 0.6 is 0 Å². The van der Waals surface area contributed by atoms with E-state index in [-0.39, 0.29) is 5.91 Å². The predicted octanol–water partition coefficient (Wildman–Crippen LogP) is 6.44. The largest absolute Gasteiger partial charge is 0.343 e. The minimum absolute atomic E-state index is 0.200. The van der Waals surface area contributed by atoms with E-state index in [9.17, 15) is 4.79 Å². The summed E-state index contributed by atoms with van der Waals surface area (Å²) >= 11 is 0. The molecule has 0 aliphatic rings. The molecule has 1 amide bonds. The van der Waals surface area contributed by atoms with Crippen LogP contribution in [0.4, 0.5) is 0 Å². The summed E-state index contributed by atoms with van der Waals surface area (Å²) in [6, 6.07) is 0. The molecule has 0 atom stereocenters. The molecule has 3 nitrogen and oxygen atoms in total. The summed E-state index contributed by atoms with van der Waals surface area (Å²) in [5.74, 6) is 0.200. The number of nitrogens with zero attached hydrogens (tertiary/aromatic N) is 1. The second-order valence-electron chi connectivity index (χ2n) is 7.67. The van der Waals surface area contributed by atoms with E-state index in [4.69, 9.17) is 0 Å². The lowest BCUT2D eigenvalue weighted by atomic mass is 10.1. The summed E-state index contributed by atoms with van der Waals surface area (Å²) in [6.45, 7) is 6.14. The molecule has 1 N–H and O–H groups in total. The zero-order valence-electron chi connectivity index (χ0n) is 18.0. The average Bonchev–Trinajstić information content (AvgIpc) is 2.63. The summed E-state index contributed by atoms with van der Waals surface area (Å²) in [5, 5.41) is 2.99. The van der Waals surface area contributed by atoms with Gasteiger partial charge in [-0.15, -0.1) is 0 Å². The standard InChI is InChI=1S/C23H46N2O/c1-4-6-7-8-9-10-11-12-13-14-15-16-17-18-19-20-23(26)24-22-25(3)21-5-2/h12-13H,4-11,14-22H2,1-3H3,(H,24,26)/b13-12-. The lowest BCUT2D eigenvalue weighted by molar-refractivity contribution is -0.121. The lowest BCUT2D eigenvalue weighted by Crippen LogP contribution is -2.35. The van der Waals surface area contributed by atoms with E-state index in [1.807, 2.05) is 7.05 Å². The number of hydrogen-bond donors (Lipinski definition) is 1. The number of allylic oxidation sites excluding steroid dienone is 2. The van der Waals surface area contributed by atoms with Gasteiger partial charge < -0.3 is 5.32 Å². The van der Waals surface area contributed by atoms with Crippen LogP contribution in [0.2, 0.25) is 0 Å². The topological polar surface area (TPSA) is 32.3 Å². The minimum atomic E-state index is 0.200. The summed E-state index contributed by atoms with van der Waals surface area (Å²) in [5.41, 5.74) is 0. The summed E-state index contributed by atoms with van der Waals surface area (Å²) < 4.78 is 0. The van der Waals surface area contributed by atoms with Gasteiger partial charge in [0.15, 0.2) is 0 Å². The SMILES string of the molecule is CCCCCCCC/C=C\CCCCCCCC(=O)NCN(C)CCC. The highest BCUT2D eigenvalue weighted by Gasteiger charge is 2.02. The van der Waals surface area contributed by atoms with Gasteiger partial charge in [-0.3, -0.25) is 9.69 Å². The Morgan fingerprint density at radius 3 is 1.88 bits per heavy atom. The van der Waals surface area contributed by atoms with Crippen LogP contribution in [-0.2, 0) is 4.79 Å². The number of unbranched alkanes of at least 4 members (excludes halogenated alkanes) is 11. The molecule has 3 heteroatoms. The van der Waals surface area contributed by atoms with Gasteiger partial charge in [0.25, 0.3) is 0 Å². The summed E-state index contributed by atoms with van der Waals surface area (Å²) in [7, 11) is 2.05. The third-order valence-electron chi connectivity index (χ3n) is 4.82. The minimum Gasteiger partial charge on any atom is -0.343 e. The Labute approximate surface area is 164 Å². The highest BCUT2D eigenvalue weighted by atomic mass is 16.1. The van der Waals surface area contributed by atoms with Crippen molar-refractivity contribution in [2.24, 2.45) is 0 Å². The van der Waals surface area contributed by atoms with E-state index >= 15 is 0 Å². The number of hydrogen-bond acceptors (Lipinski definition) is 2. The zero-order valence-corrected chi connectivity index (χ0v) is 18.0. The molecule has 0 spiro atoms. The van der Waals surface area contributed by atoms with Crippen molar-refractivity contribution in [3.8, 4) is 0 Å². The van der Waals surface area contributed by atoms with Gasteiger partial charge >= 0.3 is 0 Å². The molecule has 0 aliphatic heterocycles. The van der Waals surface area contributed by atoms with Gasteiger partial charge in [-0.25, -0.2) is 0 Å². The molecule has 0 aromatic heterocycles. The van der Waals surface area contributed by atoms with E-state index < -0.39 is 0 Å². The van der Waals surface area contributed by atoms with Crippen LogP contribution < -0.4 is 5.32 Å². The van der Waals surface area contributed by atoms with Gasteiger partial charge in [-0.2, -0.15) is 0 Å². The highest BCUT2D eigenvalue weighted by molar-refractivity contribution is 5.75. The fourth-order valence-electron chi connectivity index (χ4n) is 3.13. The molecule has 0 saturated carbocycles. The first-order chi connectivity index (χ1) is 12.7. The van der Waals surface area contributed by atoms with Crippen molar-refractivity contribution in [2.75, 3.05) is 20.3 Å². The molecule has 154 valence electrons.